The molecule has 1 atom stereocenters. The molecular weight excluding hydrogens is 437 g/mol. The van der Waals surface area contributed by atoms with Gasteiger partial charge in [-0.1, -0.05) is 41.4 Å². The zero-order chi connectivity index (χ0) is 19.9. The van der Waals surface area contributed by atoms with Crippen LogP contribution in [0, 0.1) is 0 Å². The number of carboxylic acid groups (broad SMARTS) is 1. The van der Waals surface area contributed by atoms with Crippen molar-refractivity contribution in [2.24, 2.45) is 0 Å². The van der Waals surface area contributed by atoms with Crippen LogP contribution in [0.2, 0.25) is 10.0 Å². The van der Waals surface area contributed by atoms with Gasteiger partial charge in [0, 0.05) is 35.1 Å². The second kappa shape index (κ2) is 11.6. The number of halogens is 3. The highest BCUT2D eigenvalue weighted by Gasteiger charge is 2.21. The fourth-order valence-electron chi connectivity index (χ4n) is 3.17. The summed E-state index contributed by atoms with van der Waals surface area (Å²) < 4.78 is 11.7. The van der Waals surface area contributed by atoms with Gasteiger partial charge in [-0.05, 0) is 42.8 Å². The number of carbonyl (C=O) groups is 1. The molecule has 0 saturated carbocycles. The summed E-state index contributed by atoms with van der Waals surface area (Å²) in [6.45, 7) is 3.30. The minimum absolute atomic E-state index is 0. The molecule has 1 fully saturated rings. The van der Waals surface area contributed by atoms with E-state index in [9.17, 15) is 4.79 Å². The second-order valence-electron chi connectivity index (χ2n) is 6.72. The predicted molar refractivity (Wildman–Crippen MR) is 116 cm³/mol. The van der Waals surface area contributed by atoms with Gasteiger partial charge < -0.3 is 14.6 Å². The van der Waals surface area contributed by atoms with Gasteiger partial charge in [0.05, 0.1) is 12.7 Å². The molecule has 0 spiro atoms. The number of morpholine rings is 1. The molecule has 29 heavy (non-hydrogen) atoms. The smallest absolute Gasteiger partial charge is 0.303 e. The van der Waals surface area contributed by atoms with Crippen LogP contribution >= 0.6 is 35.6 Å². The first kappa shape index (κ1) is 23.8. The molecule has 3 rings (SSSR count). The number of hydrogen-bond acceptors (Lipinski definition) is 4. The first-order chi connectivity index (χ1) is 13.5. The van der Waals surface area contributed by atoms with Crippen LogP contribution < -0.4 is 4.74 Å². The Hall–Kier alpha value is -1.50. The fraction of sp³-hybridized carbons (Fsp3) is 0.381. The van der Waals surface area contributed by atoms with Gasteiger partial charge in [-0.2, -0.15) is 0 Å². The summed E-state index contributed by atoms with van der Waals surface area (Å²) in [5.41, 5.74) is 1.84. The van der Waals surface area contributed by atoms with Crippen molar-refractivity contribution in [3.8, 4) is 5.75 Å². The van der Waals surface area contributed by atoms with Gasteiger partial charge in [0.2, 0.25) is 0 Å². The lowest BCUT2D eigenvalue weighted by Gasteiger charge is -2.33. The molecule has 8 heteroatoms. The zero-order valence-electron chi connectivity index (χ0n) is 15.9. The van der Waals surface area contributed by atoms with Crippen LogP contribution in [-0.2, 0) is 16.1 Å². The minimum atomic E-state index is -0.751. The maximum Gasteiger partial charge on any atom is 0.303 e. The van der Waals surface area contributed by atoms with Crippen LogP contribution in [0.5, 0.6) is 5.75 Å². The summed E-state index contributed by atoms with van der Waals surface area (Å²) >= 11 is 12.3. The number of carboxylic acids is 1. The fourth-order valence-corrected chi connectivity index (χ4v) is 3.67. The zero-order valence-corrected chi connectivity index (χ0v) is 18.2. The van der Waals surface area contributed by atoms with Gasteiger partial charge in [0.15, 0.2) is 0 Å². The van der Waals surface area contributed by atoms with E-state index >= 15 is 0 Å². The van der Waals surface area contributed by atoms with Crippen molar-refractivity contribution >= 4 is 41.6 Å². The van der Waals surface area contributed by atoms with E-state index in [0.717, 1.165) is 36.5 Å². The highest BCUT2D eigenvalue weighted by atomic mass is 35.5. The summed E-state index contributed by atoms with van der Waals surface area (Å²) in [6.07, 6.45) is 0.828. The molecule has 2 aromatic carbocycles. The average molecular weight is 461 g/mol. The molecule has 1 aliphatic rings. The van der Waals surface area contributed by atoms with Crippen molar-refractivity contribution in [1.82, 2.24) is 4.90 Å². The Morgan fingerprint density at radius 2 is 1.86 bits per heavy atom. The standard InChI is InChI=1S/C21H23Cl2NO4.ClH/c22-18-3-1-4-19(23)17(18)14-28-16-8-6-15(7-9-16)20-13-24(11-12-27-20)10-2-5-21(25)26;/h1,3-4,6-9,20H,2,5,10-14H2,(H,25,26);1H. The molecule has 0 amide bonds. The van der Waals surface area contributed by atoms with E-state index in [1.54, 1.807) is 18.2 Å². The predicted octanol–water partition coefficient (Wildman–Crippen LogP) is 5.23. The van der Waals surface area contributed by atoms with Crippen LogP contribution in [0.3, 0.4) is 0 Å². The molecule has 1 aliphatic heterocycles. The molecule has 0 radical (unpaired) electrons. The van der Waals surface area contributed by atoms with E-state index in [1.807, 2.05) is 24.3 Å². The highest BCUT2D eigenvalue weighted by Crippen LogP contribution is 2.27. The van der Waals surface area contributed by atoms with Crippen molar-refractivity contribution in [3.63, 3.8) is 0 Å². The van der Waals surface area contributed by atoms with Crippen molar-refractivity contribution in [2.75, 3.05) is 26.2 Å². The maximum atomic E-state index is 10.7. The summed E-state index contributed by atoms with van der Waals surface area (Å²) in [5.74, 6) is -0.0210. The van der Waals surface area contributed by atoms with E-state index in [2.05, 4.69) is 4.90 Å². The average Bonchev–Trinajstić information content (AvgIpc) is 2.68. The second-order valence-corrected chi connectivity index (χ2v) is 7.53. The molecule has 5 nitrogen and oxygen atoms in total. The molecule has 1 N–H and O–H groups in total. The quantitative estimate of drug-likeness (QED) is 0.584. The molecule has 0 bridgehead atoms. The van der Waals surface area contributed by atoms with E-state index in [1.165, 1.54) is 0 Å². The molecule has 1 saturated heterocycles. The number of aliphatic carboxylic acids is 1. The molecule has 0 aromatic heterocycles. The van der Waals surface area contributed by atoms with Gasteiger partial charge in [-0.25, -0.2) is 0 Å². The SMILES string of the molecule is Cl.O=C(O)CCCN1CCOC(c2ccc(OCc3c(Cl)cccc3Cl)cc2)C1. The number of hydrogen-bond donors (Lipinski definition) is 1. The van der Waals surface area contributed by atoms with Crippen molar-refractivity contribution in [3.05, 3.63) is 63.6 Å². The molecule has 0 aliphatic carbocycles. The summed E-state index contributed by atoms with van der Waals surface area (Å²) in [4.78, 5) is 12.9. The van der Waals surface area contributed by atoms with Crippen LogP contribution in [-0.4, -0.2) is 42.2 Å². The Morgan fingerprint density at radius 1 is 1.17 bits per heavy atom. The summed E-state index contributed by atoms with van der Waals surface area (Å²) in [5, 5.41) is 9.95. The summed E-state index contributed by atoms with van der Waals surface area (Å²) in [7, 11) is 0. The van der Waals surface area contributed by atoms with E-state index < -0.39 is 5.97 Å². The highest BCUT2D eigenvalue weighted by molar-refractivity contribution is 6.35. The van der Waals surface area contributed by atoms with E-state index in [0.29, 0.717) is 29.7 Å². The van der Waals surface area contributed by atoms with Crippen LogP contribution in [0.15, 0.2) is 42.5 Å². The lowest BCUT2D eigenvalue weighted by Crippen LogP contribution is -2.38. The Labute approximate surface area is 186 Å². The van der Waals surface area contributed by atoms with E-state index in [4.69, 9.17) is 37.8 Å². The molecular formula is C21H24Cl3NO4. The lowest BCUT2D eigenvalue weighted by molar-refractivity contribution is -0.137. The van der Waals surface area contributed by atoms with Gasteiger partial charge >= 0.3 is 5.97 Å². The van der Waals surface area contributed by atoms with Crippen molar-refractivity contribution < 1.29 is 19.4 Å². The van der Waals surface area contributed by atoms with Crippen LogP contribution in [0.4, 0.5) is 0 Å². The first-order valence-corrected chi connectivity index (χ1v) is 10.00. The topological polar surface area (TPSA) is 59.0 Å². The minimum Gasteiger partial charge on any atom is -0.489 e. The Bertz CT molecular complexity index is 781. The van der Waals surface area contributed by atoms with Crippen LogP contribution in [0.1, 0.15) is 30.1 Å². The third-order valence-corrected chi connectivity index (χ3v) is 5.42. The Morgan fingerprint density at radius 3 is 2.52 bits per heavy atom. The van der Waals surface area contributed by atoms with Crippen molar-refractivity contribution in [1.29, 1.82) is 0 Å². The Kier molecular flexibility index (Phi) is 9.53. The maximum absolute atomic E-state index is 10.7. The van der Waals surface area contributed by atoms with Gasteiger partial charge in [0.1, 0.15) is 12.4 Å². The largest absolute Gasteiger partial charge is 0.489 e. The van der Waals surface area contributed by atoms with Gasteiger partial charge in [0.25, 0.3) is 0 Å². The number of nitrogens with zero attached hydrogens (tertiary/aromatic N) is 1. The number of benzene rings is 2. The Balaban J connectivity index is 0.00000300. The molecule has 1 unspecified atom stereocenters. The molecule has 2 aromatic rings. The van der Waals surface area contributed by atoms with Gasteiger partial charge in [-0.3, -0.25) is 9.69 Å². The molecule has 1 heterocycles. The molecule has 158 valence electrons. The van der Waals surface area contributed by atoms with Gasteiger partial charge in [-0.15, -0.1) is 12.4 Å². The summed E-state index contributed by atoms with van der Waals surface area (Å²) in [6, 6.07) is 13.2. The van der Waals surface area contributed by atoms with E-state index in [-0.39, 0.29) is 24.9 Å². The van der Waals surface area contributed by atoms with Crippen LogP contribution in [0.25, 0.3) is 0 Å². The first-order valence-electron chi connectivity index (χ1n) is 9.24. The lowest BCUT2D eigenvalue weighted by atomic mass is 10.1. The van der Waals surface area contributed by atoms with Crippen molar-refractivity contribution in [2.45, 2.75) is 25.6 Å². The normalized spacial score (nSPS) is 16.8. The monoisotopic (exact) mass is 459 g/mol. The number of rotatable bonds is 8. The third-order valence-electron chi connectivity index (χ3n) is 4.71. The third kappa shape index (κ3) is 7.05. The number of ether oxygens (including phenoxy) is 2.